The lowest BCUT2D eigenvalue weighted by molar-refractivity contribution is -0.133. The lowest BCUT2D eigenvalue weighted by Gasteiger charge is -2.27. The van der Waals surface area contributed by atoms with Gasteiger partial charge in [0, 0.05) is 19.0 Å². The van der Waals surface area contributed by atoms with Crippen molar-refractivity contribution in [3.8, 4) is 11.6 Å². The molecule has 3 heterocycles. The largest absolute Gasteiger partial charge is 0.435 e. The van der Waals surface area contributed by atoms with Crippen LogP contribution in [-0.2, 0) is 19.4 Å². The molecule has 2 aromatic rings. The van der Waals surface area contributed by atoms with Gasteiger partial charge in [-0.25, -0.2) is 18.4 Å². The van der Waals surface area contributed by atoms with Crippen LogP contribution in [0.4, 0.5) is 5.69 Å². The summed E-state index contributed by atoms with van der Waals surface area (Å²) in [4.78, 5) is 29.2. The SMILES string of the molecule is O=C(Nc1ccccc1Oc1ncc(Cl)cc1Cl)C1=NN(C2CCS(=O)(=O)C2)C(=O)CC1. The van der Waals surface area contributed by atoms with Crippen molar-refractivity contribution in [3.05, 3.63) is 46.6 Å². The van der Waals surface area contributed by atoms with Crippen LogP contribution in [0.25, 0.3) is 0 Å². The minimum Gasteiger partial charge on any atom is -0.435 e. The molecule has 1 unspecified atom stereocenters. The van der Waals surface area contributed by atoms with Gasteiger partial charge < -0.3 is 10.1 Å². The first kappa shape index (κ1) is 22.5. The smallest absolute Gasteiger partial charge is 0.271 e. The van der Waals surface area contributed by atoms with Crippen molar-refractivity contribution >= 4 is 56.3 Å². The van der Waals surface area contributed by atoms with E-state index in [9.17, 15) is 18.0 Å². The van der Waals surface area contributed by atoms with E-state index < -0.39 is 21.8 Å². The fourth-order valence-corrected chi connectivity index (χ4v) is 5.53. The predicted octanol–water partition coefficient (Wildman–Crippen LogP) is 3.28. The number of hydrogen-bond acceptors (Lipinski definition) is 7. The maximum atomic E-state index is 12.9. The molecule has 0 radical (unpaired) electrons. The van der Waals surface area contributed by atoms with Crippen LogP contribution in [0.1, 0.15) is 19.3 Å². The molecular weight excluding hydrogens is 479 g/mol. The number of para-hydroxylation sites is 2. The number of pyridine rings is 1. The van der Waals surface area contributed by atoms with Crippen LogP contribution >= 0.6 is 23.2 Å². The molecular formula is C20H18Cl2N4O5S. The predicted molar refractivity (Wildman–Crippen MR) is 120 cm³/mol. The van der Waals surface area contributed by atoms with Gasteiger partial charge in [-0.1, -0.05) is 35.3 Å². The Bertz CT molecular complexity index is 1220. The monoisotopic (exact) mass is 496 g/mol. The van der Waals surface area contributed by atoms with Gasteiger partial charge in [-0.3, -0.25) is 9.59 Å². The lowest BCUT2D eigenvalue weighted by Crippen LogP contribution is -2.42. The second-order valence-corrected chi connectivity index (χ2v) is 10.4. The van der Waals surface area contributed by atoms with Crippen molar-refractivity contribution in [2.45, 2.75) is 25.3 Å². The van der Waals surface area contributed by atoms with Crippen LogP contribution in [0.15, 0.2) is 41.6 Å². The first-order valence-electron chi connectivity index (χ1n) is 9.71. The number of nitrogens with zero attached hydrogens (tertiary/aromatic N) is 3. The van der Waals surface area contributed by atoms with Gasteiger partial charge in [-0.2, -0.15) is 5.10 Å². The van der Waals surface area contributed by atoms with Gasteiger partial charge in [-0.15, -0.1) is 0 Å². The van der Waals surface area contributed by atoms with Crippen molar-refractivity contribution in [1.29, 1.82) is 0 Å². The molecule has 1 fully saturated rings. The van der Waals surface area contributed by atoms with Crippen LogP contribution in [-0.4, -0.2) is 53.5 Å². The topological polar surface area (TPSA) is 118 Å². The van der Waals surface area contributed by atoms with Gasteiger partial charge >= 0.3 is 0 Å². The minimum atomic E-state index is -3.20. The molecule has 0 aliphatic carbocycles. The van der Waals surface area contributed by atoms with Crippen molar-refractivity contribution in [2.75, 3.05) is 16.8 Å². The molecule has 2 aliphatic rings. The molecule has 0 spiro atoms. The Morgan fingerprint density at radius 3 is 2.72 bits per heavy atom. The third-order valence-corrected chi connectivity index (χ3v) is 7.22. The second-order valence-electron chi connectivity index (χ2n) is 7.33. The summed E-state index contributed by atoms with van der Waals surface area (Å²) >= 11 is 12.0. The molecule has 9 nitrogen and oxygen atoms in total. The van der Waals surface area contributed by atoms with E-state index in [2.05, 4.69) is 15.4 Å². The quantitative estimate of drug-likeness (QED) is 0.678. The van der Waals surface area contributed by atoms with Gasteiger partial charge in [-0.05, 0) is 24.6 Å². The highest BCUT2D eigenvalue weighted by Crippen LogP contribution is 2.33. The summed E-state index contributed by atoms with van der Waals surface area (Å²) in [6, 6.07) is 7.62. The van der Waals surface area contributed by atoms with E-state index in [-0.39, 0.29) is 46.9 Å². The number of ether oxygens (including phenoxy) is 1. The molecule has 0 bridgehead atoms. The molecule has 1 N–H and O–H groups in total. The molecule has 1 atom stereocenters. The minimum absolute atomic E-state index is 0.00447. The molecule has 1 aromatic carbocycles. The Labute approximate surface area is 194 Å². The van der Waals surface area contributed by atoms with Crippen LogP contribution in [0.3, 0.4) is 0 Å². The summed E-state index contributed by atoms with van der Waals surface area (Å²) in [7, 11) is -3.20. The third kappa shape index (κ3) is 5.03. The summed E-state index contributed by atoms with van der Waals surface area (Å²) < 4.78 is 29.3. The molecule has 4 rings (SSSR count). The number of halogens is 2. The van der Waals surface area contributed by atoms with E-state index in [1.807, 2.05) is 0 Å². The number of sulfone groups is 1. The Kier molecular flexibility index (Phi) is 6.36. The van der Waals surface area contributed by atoms with E-state index in [1.165, 1.54) is 12.3 Å². The zero-order chi connectivity index (χ0) is 22.9. The van der Waals surface area contributed by atoms with Crippen LogP contribution < -0.4 is 10.1 Å². The van der Waals surface area contributed by atoms with Crippen molar-refractivity contribution < 1.29 is 22.7 Å². The van der Waals surface area contributed by atoms with Gasteiger partial charge in [0.1, 0.15) is 10.7 Å². The number of amides is 2. The van der Waals surface area contributed by atoms with Gasteiger partial charge in [0.25, 0.3) is 5.91 Å². The normalized spacial score (nSPS) is 20.1. The molecule has 1 aromatic heterocycles. The Hall–Kier alpha value is -2.69. The second kappa shape index (κ2) is 9.05. The Balaban J connectivity index is 1.52. The number of hydrazone groups is 1. The molecule has 168 valence electrons. The van der Waals surface area contributed by atoms with E-state index >= 15 is 0 Å². The fraction of sp³-hybridized carbons (Fsp3) is 0.300. The first-order chi connectivity index (χ1) is 15.2. The average Bonchev–Trinajstić information content (AvgIpc) is 3.11. The summed E-state index contributed by atoms with van der Waals surface area (Å²) in [5.74, 6) is -0.547. The molecule has 1 saturated heterocycles. The number of nitrogens with one attached hydrogen (secondary N) is 1. The third-order valence-electron chi connectivity index (χ3n) is 4.99. The van der Waals surface area contributed by atoms with Gasteiger partial charge in [0.2, 0.25) is 11.8 Å². The lowest BCUT2D eigenvalue weighted by atomic mass is 10.1. The van der Waals surface area contributed by atoms with Crippen LogP contribution in [0, 0.1) is 0 Å². The number of rotatable bonds is 5. The number of carbonyl (C=O) groups is 2. The highest BCUT2D eigenvalue weighted by molar-refractivity contribution is 7.91. The van der Waals surface area contributed by atoms with Crippen molar-refractivity contribution in [3.63, 3.8) is 0 Å². The molecule has 2 aliphatic heterocycles. The molecule has 2 amide bonds. The maximum Gasteiger partial charge on any atom is 0.271 e. The Morgan fingerprint density at radius 1 is 1.22 bits per heavy atom. The summed E-state index contributed by atoms with van der Waals surface area (Å²) in [5.41, 5.74) is 0.478. The molecule has 0 saturated carbocycles. The number of anilines is 1. The Morgan fingerprint density at radius 2 is 2.00 bits per heavy atom. The summed E-state index contributed by atoms with van der Waals surface area (Å²) in [6.07, 6.45) is 1.91. The average molecular weight is 497 g/mol. The summed E-state index contributed by atoms with van der Waals surface area (Å²) in [6.45, 7) is 0. The van der Waals surface area contributed by atoms with Gasteiger partial charge in [0.05, 0.1) is 28.3 Å². The van der Waals surface area contributed by atoms with E-state index in [1.54, 1.807) is 24.3 Å². The van der Waals surface area contributed by atoms with Crippen molar-refractivity contribution in [1.82, 2.24) is 9.99 Å². The van der Waals surface area contributed by atoms with Gasteiger partial charge in [0.15, 0.2) is 15.6 Å². The first-order valence-corrected chi connectivity index (χ1v) is 12.3. The van der Waals surface area contributed by atoms with E-state index in [0.29, 0.717) is 22.9 Å². The number of aromatic nitrogens is 1. The summed E-state index contributed by atoms with van der Waals surface area (Å²) in [5, 5.41) is 8.61. The number of carbonyl (C=O) groups excluding carboxylic acids is 2. The van der Waals surface area contributed by atoms with E-state index in [4.69, 9.17) is 27.9 Å². The maximum absolute atomic E-state index is 12.9. The highest BCUT2D eigenvalue weighted by Gasteiger charge is 2.37. The number of hydrogen-bond donors (Lipinski definition) is 1. The molecule has 12 heteroatoms. The van der Waals surface area contributed by atoms with Crippen molar-refractivity contribution in [2.24, 2.45) is 5.10 Å². The van der Waals surface area contributed by atoms with E-state index in [0.717, 1.165) is 5.01 Å². The fourth-order valence-electron chi connectivity index (χ4n) is 3.42. The zero-order valence-electron chi connectivity index (χ0n) is 16.6. The van der Waals surface area contributed by atoms with Crippen LogP contribution in [0.2, 0.25) is 10.0 Å². The van der Waals surface area contributed by atoms with Crippen LogP contribution in [0.5, 0.6) is 11.6 Å². The number of benzene rings is 1. The highest BCUT2D eigenvalue weighted by atomic mass is 35.5. The molecule has 32 heavy (non-hydrogen) atoms. The standard InChI is InChI=1S/C20H18Cl2N4O5S/c21-12-9-14(22)20(23-10-12)31-17-4-2-1-3-15(17)24-19(28)16-5-6-18(27)26(25-16)13-7-8-32(29,30)11-13/h1-4,9-10,13H,5-8,11H2,(H,24,28). The zero-order valence-corrected chi connectivity index (χ0v) is 19.0.